The van der Waals surface area contributed by atoms with E-state index in [0.717, 1.165) is 27.8 Å². The Kier molecular flexibility index (Phi) is 9.93. The van der Waals surface area contributed by atoms with Gasteiger partial charge >= 0.3 is 0 Å². The summed E-state index contributed by atoms with van der Waals surface area (Å²) in [5, 5.41) is 0.934. The van der Waals surface area contributed by atoms with Crippen LogP contribution in [0.1, 0.15) is 13.8 Å². The molecule has 2 aromatic carbocycles. The molecule has 1 aromatic heterocycles. The molecule has 0 aliphatic heterocycles. The lowest BCUT2D eigenvalue weighted by molar-refractivity contribution is -0.116. The summed E-state index contributed by atoms with van der Waals surface area (Å²) in [7, 11) is -3.81. The number of sulfone groups is 1. The highest BCUT2D eigenvalue weighted by atomic mass is 79.9. The van der Waals surface area contributed by atoms with E-state index >= 15 is 0 Å². The number of thiazole rings is 1. The Morgan fingerprint density at radius 3 is 2.38 bits per heavy atom. The Morgan fingerprint density at radius 1 is 1.09 bits per heavy atom. The van der Waals surface area contributed by atoms with Crippen molar-refractivity contribution in [3.63, 3.8) is 0 Å². The van der Waals surface area contributed by atoms with Crippen LogP contribution in [0.2, 0.25) is 5.02 Å². The molecule has 0 radical (unpaired) electrons. The molecule has 174 valence electrons. The number of rotatable bonds is 9. The number of likely N-dealkylation sites (N-methyl/N-ethyl adjacent to an activating group) is 1. The summed E-state index contributed by atoms with van der Waals surface area (Å²) in [5.41, 5.74) is 0.768. The van der Waals surface area contributed by atoms with E-state index in [4.69, 9.17) is 11.6 Å². The van der Waals surface area contributed by atoms with Crippen LogP contribution >= 0.6 is 51.3 Å². The highest BCUT2D eigenvalue weighted by Gasteiger charge is 2.27. The van der Waals surface area contributed by atoms with Crippen LogP contribution in [0.3, 0.4) is 0 Å². The normalized spacial score (nSPS) is 11.5. The average Bonchev–Trinajstić information content (AvgIpc) is 3.13. The third kappa shape index (κ3) is 6.65. The third-order valence-corrected chi connectivity index (χ3v) is 8.30. The molecule has 3 rings (SSSR count). The minimum absolute atomic E-state index is 0. The summed E-state index contributed by atoms with van der Waals surface area (Å²) < 4.78 is 27.5. The highest BCUT2D eigenvalue weighted by molar-refractivity contribution is 9.10. The van der Waals surface area contributed by atoms with Crippen molar-refractivity contribution in [2.75, 3.05) is 36.8 Å². The number of aromatic nitrogens is 1. The second kappa shape index (κ2) is 11.8. The summed E-state index contributed by atoms with van der Waals surface area (Å²) in [6.45, 7) is 6.77. The first-order valence-electron chi connectivity index (χ1n) is 9.80. The predicted molar refractivity (Wildman–Crippen MR) is 138 cm³/mol. The second-order valence-corrected chi connectivity index (χ2v) is 11.2. The van der Waals surface area contributed by atoms with Gasteiger partial charge in [-0.05, 0) is 55.6 Å². The zero-order valence-electron chi connectivity index (χ0n) is 17.6. The standard InChI is InChI=1S/C21H23BrClN3O3S2.ClH/c1-3-25(4-2)11-12-26(21-24-18-10-5-15(22)13-19(18)30-21)20(27)14-31(28,29)17-8-6-16(23)7-9-17;/h5-10,13H,3-4,11-12,14H2,1-2H3;1H. The Morgan fingerprint density at radius 2 is 1.75 bits per heavy atom. The van der Waals surface area contributed by atoms with Gasteiger partial charge in [-0.25, -0.2) is 13.4 Å². The van der Waals surface area contributed by atoms with Gasteiger partial charge in [0.25, 0.3) is 0 Å². The van der Waals surface area contributed by atoms with Crippen LogP contribution in [-0.4, -0.2) is 56.1 Å². The minimum atomic E-state index is -3.81. The summed E-state index contributed by atoms with van der Waals surface area (Å²) in [4.78, 5) is 21.5. The van der Waals surface area contributed by atoms with Gasteiger partial charge in [0.1, 0.15) is 5.75 Å². The SMILES string of the molecule is CCN(CC)CCN(C(=O)CS(=O)(=O)c1ccc(Cl)cc1)c1nc2ccc(Br)cc2s1.Cl. The molecule has 0 N–H and O–H groups in total. The van der Waals surface area contributed by atoms with Crippen molar-refractivity contribution < 1.29 is 13.2 Å². The van der Waals surface area contributed by atoms with Crippen molar-refractivity contribution in [2.45, 2.75) is 18.7 Å². The van der Waals surface area contributed by atoms with Crippen LogP contribution in [0.25, 0.3) is 10.2 Å². The van der Waals surface area contributed by atoms with E-state index in [9.17, 15) is 13.2 Å². The molecule has 0 unspecified atom stereocenters. The van der Waals surface area contributed by atoms with Gasteiger partial charge in [-0.15, -0.1) is 12.4 Å². The highest BCUT2D eigenvalue weighted by Crippen LogP contribution is 2.31. The number of anilines is 1. The largest absolute Gasteiger partial charge is 0.302 e. The molecule has 0 bridgehead atoms. The molecule has 0 fully saturated rings. The zero-order chi connectivity index (χ0) is 22.6. The number of fused-ring (bicyclic) bond motifs is 1. The van der Waals surface area contributed by atoms with E-state index in [1.807, 2.05) is 18.2 Å². The lowest BCUT2D eigenvalue weighted by Crippen LogP contribution is -2.41. The molecule has 0 spiro atoms. The minimum Gasteiger partial charge on any atom is -0.302 e. The van der Waals surface area contributed by atoms with E-state index < -0.39 is 21.5 Å². The zero-order valence-corrected chi connectivity index (χ0v) is 22.4. The van der Waals surface area contributed by atoms with Crippen LogP contribution in [0.5, 0.6) is 0 Å². The molecule has 6 nitrogen and oxygen atoms in total. The lowest BCUT2D eigenvalue weighted by Gasteiger charge is -2.24. The van der Waals surface area contributed by atoms with Crippen molar-refractivity contribution in [3.05, 3.63) is 52.0 Å². The number of hydrogen-bond donors (Lipinski definition) is 0. The van der Waals surface area contributed by atoms with Crippen molar-refractivity contribution in [2.24, 2.45) is 0 Å². The summed E-state index contributed by atoms with van der Waals surface area (Å²) in [6, 6.07) is 11.5. The number of amides is 1. The molecule has 32 heavy (non-hydrogen) atoms. The topological polar surface area (TPSA) is 70.6 Å². The van der Waals surface area contributed by atoms with Gasteiger partial charge in [-0.1, -0.05) is 52.7 Å². The van der Waals surface area contributed by atoms with Crippen LogP contribution in [0.4, 0.5) is 5.13 Å². The second-order valence-electron chi connectivity index (χ2n) is 6.89. The molecule has 0 saturated heterocycles. The maximum absolute atomic E-state index is 13.2. The number of carbonyl (C=O) groups excluding carboxylic acids is 1. The number of nitrogens with zero attached hydrogens (tertiary/aromatic N) is 3. The van der Waals surface area contributed by atoms with Gasteiger partial charge in [0.05, 0.1) is 15.1 Å². The number of hydrogen-bond acceptors (Lipinski definition) is 6. The van der Waals surface area contributed by atoms with Crippen LogP contribution in [-0.2, 0) is 14.6 Å². The number of halogens is 3. The average molecular weight is 581 g/mol. The summed E-state index contributed by atoms with van der Waals surface area (Å²) >= 11 is 10.7. The molecule has 0 atom stereocenters. The molecule has 1 amide bonds. The number of carbonyl (C=O) groups is 1. The Bertz CT molecular complexity index is 1170. The molecular weight excluding hydrogens is 557 g/mol. The fraction of sp³-hybridized carbons (Fsp3) is 0.333. The first kappa shape index (κ1) is 27.0. The van der Waals surface area contributed by atoms with Crippen molar-refractivity contribution >= 4 is 82.4 Å². The maximum Gasteiger partial charge on any atom is 0.244 e. The van der Waals surface area contributed by atoms with E-state index in [0.29, 0.717) is 23.2 Å². The van der Waals surface area contributed by atoms with Gasteiger partial charge in [0, 0.05) is 22.6 Å². The fourth-order valence-electron chi connectivity index (χ4n) is 3.08. The quantitative estimate of drug-likeness (QED) is 0.344. The third-order valence-electron chi connectivity index (χ3n) is 4.89. The van der Waals surface area contributed by atoms with E-state index in [1.165, 1.54) is 40.5 Å². The molecule has 0 saturated carbocycles. The van der Waals surface area contributed by atoms with Crippen LogP contribution < -0.4 is 4.90 Å². The van der Waals surface area contributed by atoms with Crippen LogP contribution in [0.15, 0.2) is 51.8 Å². The molecule has 1 heterocycles. The number of benzene rings is 2. The molecule has 0 aliphatic carbocycles. The molecular formula is C21H24BrCl2N3O3S2. The smallest absolute Gasteiger partial charge is 0.244 e. The Balaban J connectivity index is 0.00000363. The van der Waals surface area contributed by atoms with E-state index in [1.54, 1.807) is 0 Å². The summed E-state index contributed by atoms with van der Waals surface area (Å²) in [6.07, 6.45) is 0. The van der Waals surface area contributed by atoms with Crippen molar-refractivity contribution in [1.29, 1.82) is 0 Å². The Hall–Kier alpha value is -1.23. The van der Waals surface area contributed by atoms with Gasteiger partial charge < -0.3 is 4.90 Å². The van der Waals surface area contributed by atoms with E-state index in [2.05, 4.69) is 39.7 Å². The predicted octanol–water partition coefficient (Wildman–Crippen LogP) is 5.28. The van der Waals surface area contributed by atoms with Crippen molar-refractivity contribution in [3.8, 4) is 0 Å². The first-order valence-corrected chi connectivity index (χ1v) is 13.4. The van der Waals surface area contributed by atoms with E-state index in [-0.39, 0.29) is 17.3 Å². The van der Waals surface area contributed by atoms with Crippen LogP contribution in [0, 0.1) is 0 Å². The molecule has 3 aromatic rings. The van der Waals surface area contributed by atoms with Gasteiger partial charge in [0.15, 0.2) is 15.0 Å². The maximum atomic E-state index is 13.2. The van der Waals surface area contributed by atoms with Gasteiger partial charge in [-0.3, -0.25) is 9.69 Å². The lowest BCUT2D eigenvalue weighted by atomic mass is 10.3. The Labute approximate surface area is 212 Å². The summed E-state index contributed by atoms with van der Waals surface area (Å²) in [5.74, 6) is -1.13. The fourth-order valence-corrected chi connectivity index (χ4v) is 5.96. The van der Waals surface area contributed by atoms with Crippen molar-refractivity contribution in [1.82, 2.24) is 9.88 Å². The molecule has 0 aliphatic rings. The first-order chi connectivity index (χ1) is 14.7. The molecule has 11 heteroatoms. The van der Waals surface area contributed by atoms with Gasteiger partial charge in [0.2, 0.25) is 5.91 Å². The van der Waals surface area contributed by atoms with Gasteiger partial charge in [-0.2, -0.15) is 0 Å². The monoisotopic (exact) mass is 579 g/mol.